The van der Waals surface area contributed by atoms with Crippen LogP contribution >= 0.6 is 12.2 Å². The van der Waals surface area contributed by atoms with Gasteiger partial charge in [-0.1, -0.05) is 25.2 Å². The van der Waals surface area contributed by atoms with Crippen molar-refractivity contribution in [2.75, 3.05) is 0 Å². The van der Waals surface area contributed by atoms with Crippen LogP contribution in [-0.4, -0.2) is 9.55 Å². The molecule has 2 rings (SSSR count). The Labute approximate surface area is 109 Å². The number of aromatic amines is 1. The average molecular weight is 266 g/mol. The number of hydrogen-bond donors (Lipinski definition) is 1. The fourth-order valence-electron chi connectivity index (χ4n) is 2.05. The Balaban J connectivity index is 2.96. The van der Waals surface area contributed by atoms with E-state index in [2.05, 4.69) is 4.98 Å². The third-order valence-electron chi connectivity index (χ3n) is 3.02. The molecule has 0 radical (unpaired) electrons. The summed E-state index contributed by atoms with van der Waals surface area (Å²) in [5, 5.41) is 0.577. The molecule has 1 heterocycles. The molecule has 0 aliphatic rings. The maximum atomic E-state index is 14.1. The molecule has 0 atom stereocenters. The molecule has 5 heteroatoms. The zero-order valence-corrected chi connectivity index (χ0v) is 11.4. The van der Waals surface area contributed by atoms with E-state index < -0.39 is 0 Å². The molecule has 1 aromatic carbocycles. The fraction of sp³-hybridized carbons (Fsp3) is 0.385. The number of halogens is 1. The summed E-state index contributed by atoms with van der Waals surface area (Å²) in [6.45, 7) is 5.61. The van der Waals surface area contributed by atoms with E-state index in [0.29, 0.717) is 22.0 Å². The van der Waals surface area contributed by atoms with Crippen LogP contribution in [0.3, 0.4) is 0 Å². The molecule has 0 unspecified atom stereocenters. The largest absolute Gasteiger partial charge is 0.327 e. The van der Waals surface area contributed by atoms with Gasteiger partial charge in [-0.15, -0.1) is 0 Å². The van der Waals surface area contributed by atoms with Gasteiger partial charge < -0.3 is 4.98 Å². The minimum Gasteiger partial charge on any atom is -0.304 e. The average Bonchev–Trinajstić information content (AvgIpc) is 2.30. The molecular formula is C13H15FN2OS. The highest BCUT2D eigenvalue weighted by Crippen LogP contribution is 2.20. The molecular weight excluding hydrogens is 251 g/mol. The van der Waals surface area contributed by atoms with Gasteiger partial charge in [0.15, 0.2) is 5.82 Å². The topological polar surface area (TPSA) is 37.8 Å². The van der Waals surface area contributed by atoms with Gasteiger partial charge in [0.2, 0.25) is 0 Å². The van der Waals surface area contributed by atoms with Crippen LogP contribution in [0.2, 0.25) is 0 Å². The fourth-order valence-corrected chi connectivity index (χ4v) is 2.51. The first-order valence-electron chi connectivity index (χ1n) is 5.93. The Morgan fingerprint density at radius 3 is 2.67 bits per heavy atom. The van der Waals surface area contributed by atoms with E-state index >= 15 is 0 Å². The molecule has 18 heavy (non-hydrogen) atoms. The number of fused-ring (bicyclic) bond motifs is 1. The molecule has 96 valence electrons. The molecule has 0 spiro atoms. The summed E-state index contributed by atoms with van der Waals surface area (Å²) in [5.74, 6) is -0.380. The summed E-state index contributed by atoms with van der Waals surface area (Å²) >= 11 is 5.27. The van der Waals surface area contributed by atoms with E-state index in [1.165, 1.54) is 4.57 Å². The van der Waals surface area contributed by atoms with Crippen molar-refractivity contribution in [3.8, 4) is 0 Å². The smallest absolute Gasteiger partial charge is 0.304 e. The van der Waals surface area contributed by atoms with E-state index in [1.54, 1.807) is 12.1 Å². The number of aromatic nitrogens is 2. The summed E-state index contributed by atoms with van der Waals surface area (Å²) in [6.07, 6.45) is 0.579. The van der Waals surface area contributed by atoms with E-state index in [9.17, 15) is 9.18 Å². The molecule has 0 aliphatic heterocycles. The summed E-state index contributed by atoms with van der Waals surface area (Å²) in [6, 6.07) is 3.43. The van der Waals surface area contributed by atoms with E-state index in [1.807, 2.05) is 20.8 Å². The summed E-state index contributed by atoms with van der Waals surface area (Å²) in [7, 11) is 0. The van der Waals surface area contributed by atoms with Gasteiger partial charge in [0.25, 0.3) is 0 Å². The van der Waals surface area contributed by atoms with Crippen LogP contribution in [0.1, 0.15) is 32.4 Å². The zero-order valence-electron chi connectivity index (χ0n) is 10.6. The molecule has 2 aromatic rings. The summed E-state index contributed by atoms with van der Waals surface area (Å²) in [4.78, 5) is 14.5. The number of nitrogens with zero attached hydrogens (tertiary/aromatic N) is 1. The van der Waals surface area contributed by atoms with Crippen LogP contribution in [-0.2, 0) is 6.42 Å². The van der Waals surface area contributed by atoms with Gasteiger partial charge in [-0.25, -0.2) is 9.18 Å². The second-order valence-electron chi connectivity index (χ2n) is 4.51. The maximum Gasteiger partial charge on any atom is 0.327 e. The van der Waals surface area contributed by atoms with Gasteiger partial charge in [0, 0.05) is 11.4 Å². The first kappa shape index (κ1) is 13.0. The first-order valence-corrected chi connectivity index (χ1v) is 6.34. The van der Waals surface area contributed by atoms with Gasteiger partial charge in [0.05, 0.1) is 5.52 Å². The highest BCUT2D eigenvalue weighted by molar-refractivity contribution is 7.71. The van der Waals surface area contributed by atoms with Crippen molar-refractivity contribution in [1.29, 1.82) is 0 Å². The summed E-state index contributed by atoms with van der Waals surface area (Å²) in [5.41, 5.74) is 0.422. The van der Waals surface area contributed by atoms with Gasteiger partial charge in [-0.05, 0) is 31.9 Å². The van der Waals surface area contributed by atoms with Crippen molar-refractivity contribution in [2.45, 2.75) is 33.2 Å². The van der Waals surface area contributed by atoms with Crippen LogP contribution in [0.15, 0.2) is 16.9 Å². The predicted octanol–water partition coefficient (Wildman–Crippen LogP) is 3.34. The summed E-state index contributed by atoms with van der Waals surface area (Å²) < 4.78 is 16.0. The molecule has 0 saturated heterocycles. The van der Waals surface area contributed by atoms with Crippen LogP contribution in [0, 0.1) is 10.5 Å². The van der Waals surface area contributed by atoms with E-state index in [0.717, 1.165) is 0 Å². The minimum absolute atomic E-state index is 0.0560. The number of nitrogens with one attached hydrogen (secondary N) is 1. The van der Waals surface area contributed by atoms with Crippen LogP contribution in [0.4, 0.5) is 4.39 Å². The molecule has 0 aliphatic carbocycles. The second-order valence-corrected chi connectivity index (χ2v) is 4.90. The Hall–Kier alpha value is -1.49. The molecule has 0 bridgehead atoms. The monoisotopic (exact) mass is 266 g/mol. The van der Waals surface area contributed by atoms with Gasteiger partial charge in [-0.3, -0.25) is 4.57 Å². The zero-order chi connectivity index (χ0) is 13.4. The molecule has 0 amide bonds. The Morgan fingerprint density at radius 1 is 1.44 bits per heavy atom. The number of H-pyrrole nitrogens is 1. The lowest BCUT2D eigenvalue weighted by Crippen LogP contribution is -2.25. The predicted molar refractivity (Wildman–Crippen MR) is 73.1 cm³/mol. The van der Waals surface area contributed by atoms with Crippen molar-refractivity contribution >= 4 is 23.1 Å². The molecule has 0 fully saturated rings. The third-order valence-corrected chi connectivity index (χ3v) is 3.44. The van der Waals surface area contributed by atoms with Gasteiger partial charge >= 0.3 is 5.69 Å². The van der Waals surface area contributed by atoms with Crippen LogP contribution in [0.5, 0.6) is 0 Å². The number of benzene rings is 1. The van der Waals surface area contributed by atoms with Crippen molar-refractivity contribution in [2.24, 2.45) is 0 Å². The van der Waals surface area contributed by atoms with Crippen molar-refractivity contribution < 1.29 is 4.39 Å². The lowest BCUT2D eigenvalue weighted by Gasteiger charge is -2.12. The molecule has 1 aromatic heterocycles. The Kier molecular flexibility index (Phi) is 3.34. The quantitative estimate of drug-likeness (QED) is 0.846. The molecule has 0 saturated carbocycles. The van der Waals surface area contributed by atoms with E-state index in [4.69, 9.17) is 12.2 Å². The highest BCUT2D eigenvalue weighted by Gasteiger charge is 2.12. The van der Waals surface area contributed by atoms with Crippen molar-refractivity contribution in [3.63, 3.8) is 0 Å². The number of hydrogen-bond acceptors (Lipinski definition) is 2. The SMILES string of the molecule is CCc1ccc2c(=S)n(C(C)C)c(=O)[nH]c2c1F. The maximum absolute atomic E-state index is 14.1. The van der Waals surface area contributed by atoms with E-state index in [-0.39, 0.29) is 23.1 Å². The standard InChI is InChI=1S/C13H15FN2OS/c1-4-8-5-6-9-11(10(8)14)15-13(17)16(7(2)3)12(9)18/h5-7H,4H2,1-3H3,(H,15,17). The lowest BCUT2D eigenvalue weighted by atomic mass is 10.1. The third kappa shape index (κ3) is 1.88. The van der Waals surface area contributed by atoms with Crippen LogP contribution < -0.4 is 5.69 Å². The van der Waals surface area contributed by atoms with Crippen LogP contribution in [0.25, 0.3) is 10.9 Å². The second kappa shape index (κ2) is 4.65. The minimum atomic E-state index is -0.380. The Bertz CT molecular complexity index is 715. The Morgan fingerprint density at radius 2 is 2.11 bits per heavy atom. The van der Waals surface area contributed by atoms with Crippen molar-refractivity contribution in [3.05, 3.63) is 38.6 Å². The van der Waals surface area contributed by atoms with Gasteiger partial charge in [0.1, 0.15) is 4.64 Å². The normalized spacial score (nSPS) is 11.4. The first-order chi connectivity index (χ1) is 8.47. The highest BCUT2D eigenvalue weighted by atomic mass is 32.1. The molecule has 1 N–H and O–H groups in total. The number of aryl methyl sites for hydroxylation is 1. The van der Waals surface area contributed by atoms with Crippen molar-refractivity contribution in [1.82, 2.24) is 9.55 Å². The number of rotatable bonds is 2. The molecule has 3 nitrogen and oxygen atoms in total. The van der Waals surface area contributed by atoms with Gasteiger partial charge in [-0.2, -0.15) is 0 Å². The lowest BCUT2D eigenvalue weighted by molar-refractivity contribution is 0.558.